The summed E-state index contributed by atoms with van der Waals surface area (Å²) in [5, 5.41) is 18.8. The van der Waals surface area contributed by atoms with Crippen molar-refractivity contribution in [3.63, 3.8) is 0 Å². The molecule has 0 saturated carbocycles. The summed E-state index contributed by atoms with van der Waals surface area (Å²) in [5.74, 6) is -0.346. The number of carbonyl (C=O) groups is 1. The van der Waals surface area contributed by atoms with Crippen LogP contribution in [0.2, 0.25) is 0 Å². The van der Waals surface area contributed by atoms with E-state index in [1.807, 2.05) is 60.7 Å². The Bertz CT molecular complexity index is 1020. The van der Waals surface area contributed by atoms with Crippen LogP contribution in [0.4, 0.5) is 0 Å². The van der Waals surface area contributed by atoms with Gasteiger partial charge in [0, 0.05) is 29.2 Å². The first-order chi connectivity index (χ1) is 16.1. The fourth-order valence-corrected chi connectivity index (χ4v) is 4.85. The van der Waals surface area contributed by atoms with E-state index in [-0.39, 0.29) is 18.8 Å². The number of nitrogens with two attached hydrogens (primary N) is 1. The molecule has 33 heavy (non-hydrogen) atoms. The molecule has 0 radical (unpaired) electrons. The van der Waals surface area contributed by atoms with Crippen molar-refractivity contribution >= 4 is 17.7 Å². The van der Waals surface area contributed by atoms with E-state index >= 15 is 0 Å². The van der Waals surface area contributed by atoms with Gasteiger partial charge in [0.25, 0.3) is 0 Å². The number of aliphatic hydroxyl groups excluding tert-OH is 1. The number of carboxylic acid groups (broad SMARTS) is 1. The van der Waals surface area contributed by atoms with Gasteiger partial charge >= 0.3 is 5.97 Å². The van der Waals surface area contributed by atoms with Crippen LogP contribution in [0.15, 0.2) is 77.7 Å². The van der Waals surface area contributed by atoms with Crippen molar-refractivity contribution in [3.05, 3.63) is 101 Å². The Morgan fingerprint density at radius 2 is 1.61 bits per heavy atom. The lowest BCUT2D eigenvalue weighted by molar-refractivity contribution is -0.245. The van der Waals surface area contributed by atoms with Gasteiger partial charge in [-0.15, -0.1) is 11.8 Å². The SMILES string of the molecule is NCc1ccc([C@H]2O[C@@H](CSc3ccccc3C(=O)O)C[C@@H](c3ccc(CO)cc3)O2)cc1. The molecule has 1 aliphatic rings. The molecule has 1 saturated heterocycles. The molecule has 172 valence electrons. The van der Waals surface area contributed by atoms with Crippen LogP contribution < -0.4 is 5.73 Å². The maximum atomic E-state index is 11.6. The van der Waals surface area contributed by atoms with Gasteiger partial charge < -0.3 is 25.4 Å². The zero-order chi connectivity index (χ0) is 23.2. The highest BCUT2D eigenvalue weighted by atomic mass is 32.2. The molecule has 4 N–H and O–H groups in total. The van der Waals surface area contributed by atoms with Crippen LogP contribution in [0.3, 0.4) is 0 Å². The Morgan fingerprint density at radius 1 is 0.939 bits per heavy atom. The third-order valence-corrected chi connectivity index (χ3v) is 6.85. The molecule has 4 rings (SSSR count). The molecule has 0 bridgehead atoms. The minimum Gasteiger partial charge on any atom is -0.478 e. The topological polar surface area (TPSA) is 102 Å². The van der Waals surface area contributed by atoms with Gasteiger partial charge in [-0.05, 0) is 28.8 Å². The molecule has 6 nitrogen and oxygen atoms in total. The van der Waals surface area contributed by atoms with Gasteiger partial charge in [0.05, 0.1) is 24.4 Å². The number of benzene rings is 3. The monoisotopic (exact) mass is 465 g/mol. The van der Waals surface area contributed by atoms with Crippen LogP contribution in [0.5, 0.6) is 0 Å². The standard InChI is InChI=1S/C26H27NO5S/c27-14-17-5-11-20(12-6-17)26-31-21(16-33-24-4-2-1-3-22(24)25(29)30)13-23(32-26)19-9-7-18(15-28)8-10-19/h1-12,21,23,26,28H,13-16,27H2,(H,29,30)/t21-,23+,26+/m1/s1. The smallest absolute Gasteiger partial charge is 0.336 e. The minimum atomic E-state index is -0.939. The minimum absolute atomic E-state index is 0.00666. The van der Waals surface area contributed by atoms with E-state index in [2.05, 4.69) is 0 Å². The van der Waals surface area contributed by atoms with Crippen LogP contribution in [0.25, 0.3) is 0 Å². The number of rotatable bonds is 8. The summed E-state index contributed by atoms with van der Waals surface area (Å²) in [4.78, 5) is 12.3. The molecule has 0 amide bonds. The van der Waals surface area contributed by atoms with E-state index in [1.54, 1.807) is 12.1 Å². The first-order valence-electron chi connectivity index (χ1n) is 10.8. The van der Waals surface area contributed by atoms with Crippen molar-refractivity contribution in [2.45, 2.75) is 43.0 Å². The molecule has 0 aromatic heterocycles. The van der Waals surface area contributed by atoms with Crippen molar-refractivity contribution in [2.75, 3.05) is 5.75 Å². The average molecular weight is 466 g/mol. The number of ether oxygens (including phenoxy) is 2. The quantitative estimate of drug-likeness (QED) is 0.415. The van der Waals surface area contributed by atoms with Gasteiger partial charge in [0.15, 0.2) is 6.29 Å². The largest absolute Gasteiger partial charge is 0.478 e. The van der Waals surface area contributed by atoms with Crippen LogP contribution in [-0.2, 0) is 22.6 Å². The fourth-order valence-electron chi connectivity index (χ4n) is 3.79. The lowest BCUT2D eigenvalue weighted by Crippen LogP contribution is -2.31. The lowest BCUT2D eigenvalue weighted by atomic mass is 10.0. The Labute approximate surface area is 197 Å². The van der Waals surface area contributed by atoms with Crippen molar-refractivity contribution in [3.8, 4) is 0 Å². The predicted octanol–water partition coefficient (Wildman–Crippen LogP) is 4.67. The molecule has 1 aliphatic heterocycles. The molecule has 1 fully saturated rings. The number of carboxylic acids is 1. The lowest BCUT2D eigenvalue weighted by Gasteiger charge is -2.36. The number of hydrogen-bond acceptors (Lipinski definition) is 6. The summed E-state index contributed by atoms with van der Waals surface area (Å²) in [5.41, 5.74) is 9.81. The second kappa shape index (κ2) is 11.0. The molecule has 0 spiro atoms. The first-order valence-corrected chi connectivity index (χ1v) is 11.8. The molecular formula is C26H27NO5S. The van der Waals surface area contributed by atoms with Gasteiger partial charge in [-0.2, -0.15) is 0 Å². The number of aliphatic hydroxyl groups is 1. The van der Waals surface area contributed by atoms with Crippen LogP contribution >= 0.6 is 11.8 Å². The van der Waals surface area contributed by atoms with E-state index in [0.717, 1.165) is 22.3 Å². The van der Waals surface area contributed by atoms with Gasteiger partial charge in [0.2, 0.25) is 0 Å². The van der Waals surface area contributed by atoms with E-state index in [1.165, 1.54) is 11.8 Å². The Balaban J connectivity index is 1.55. The molecular weight excluding hydrogens is 438 g/mol. The van der Waals surface area contributed by atoms with Gasteiger partial charge in [0.1, 0.15) is 0 Å². The first kappa shape index (κ1) is 23.5. The van der Waals surface area contributed by atoms with Crippen molar-refractivity contribution < 1.29 is 24.5 Å². The molecule has 3 aromatic rings. The second-order valence-electron chi connectivity index (χ2n) is 7.91. The third kappa shape index (κ3) is 5.82. The van der Waals surface area contributed by atoms with Crippen molar-refractivity contribution in [1.29, 1.82) is 0 Å². The highest BCUT2D eigenvalue weighted by molar-refractivity contribution is 7.99. The molecule has 3 atom stereocenters. The Kier molecular flexibility index (Phi) is 7.80. The van der Waals surface area contributed by atoms with Gasteiger partial charge in [-0.1, -0.05) is 60.7 Å². The maximum absolute atomic E-state index is 11.6. The summed E-state index contributed by atoms with van der Waals surface area (Å²) in [6.07, 6.45) is -0.246. The zero-order valence-electron chi connectivity index (χ0n) is 18.1. The Hall–Kier alpha value is -2.68. The summed E-state index contributed by atoms with van der Waals surface area (Å²) in [7, 11) is 0. The number of aromatic carboxylic acids is 1. The summed E-state index contributed by atoms with van der Waals surface area (Å²) in [6.45, 7) is 0.460. The highest BCUT2D eigenvalue weighted by Gasteiger charge is 2.32. The summed E-state index contributed by atoms with van der Waals surface area (Å²) >= 11 is 1.48. The molecule has 0 aliphatic carbocycles. The predicted molar refractivity (Wildman–Crippen MR) is 127 cm³/mol. The Morgan fingerprint density at radius 3 is 2.27 bits per heavy atom. The molecule has 1 heterocycles. The summed E-state index contributed by atoms with van der Waals surface area (Å²) < 4.78 is 12.6. The number of thioether (sulfide) groups is 1. The summed E-state index contributed by atoms with van der Waals surface area (Å²) in [6, 6.07) is 22.6. The van der Waals surface area contributed by atoms with E-state index in [9.17, 15) is 15.0 Å². The van der Waals surface area contributed by atoms with Crippen LogP contribution in [0.1, 0.15) is 51.4 Å². The molecule has 7 heteroatoms. The van der Waals surface area contributed by atoms with E-state index < -0.39 is 12.3 Å². The van der Waals surface area contributed by atoms with E-state index in [0.29, 0.717) is 29.2 Å². The number of hydrogen-bond donors (Lipinski definition) is 3. The molecule has 3 aromatic carbocycles. The normalized spacial score (nSPS) is 20.5. The zero-order valence-corrected chi connectivity index (χ0v) is 18.9. The van der Waals surface area contributed by atoms with Gasteiger partial charge in [-0.3, -0.25) is 0 Å². The second-order valence-corrected chi connectivity index (χ2v) is 8.97. The highest BCUT2D eigenvalue weighted by Crippen LogP contribution is 2.39. The fraction of sp³-hybridized carbons (Fsp3) is 0.269. The van der Waals surface area contributed by atoms with Gasteiger partial charge in [-0.25, -0.2) is 4.79 Å². The maximum Gasteiger partial charge on any atom is 0.336 e. The molecule has 0 unspecified atom stereocenters. The van der Waals surface area contributed by atoms with Crippen LogP contribution in [0, 0.1) is 0 Å². The van der Waals surface area contributed by atoms with E-state index in [4.69, 9.17) is 15.2 Å². The van der Waals surface area contributed by atoms with Crippen LogP contribution in [-0.4, -0.2) is 28.0 Å². The van der Waals surface area contributed by atoms with Crippen molar-refractivity contribution in [1.82, 2.24) is 0 Å². The third-order valence-electron chi connectivity index (χ3n) is 5.64. The average Bonchev–Trinajstić information content (AvgIpc) is 2.87. The van der Waals surface area contributed by atoms with Crippen molar-refractivity contribution in [2.24, 2.45) is 5.73 Å².